The first-order valence-corrected chi connectivity index (χ1v) is 12.0. The van der Waals surface area contributed by atoms with Crippen molar-refractivity contribution in [1.29, 1.82) is 0 Å². The van der Waals surface area contributed by atoms with E-state index in [1.807, 2.05) is 49.4 Å². The van der Waals surface area contributed by atoms with Gasteiger partial charge in [-0.25, -0.2) is 4.79 Å². The molecule has 1 aromatic heterocycles. The first kappa shape index (κ1) is 24.4. The molecule has 0 radical (unpaired) electrons. The van der Waals surface area contributed by atoms with Gasteiger partial charge < -0.3 is 24.7 Å². The van der Waals surface area contributed by atoms with Crippen LogP contribution in [0.4, 0.5) is 4.79 Å². The van der Waals surface area contributed by atoms with E-state index in [2.05, 4.69) is 4.98 Å². The highest BCUT2D eigenvalue weighted by atomic mass is 35.5. The molecule has 4 rings (SSSR count). The van der Waals surface area contributed by atoms with E-state index in [-0.39, 0.29) is 32.0 Å². The Hall–Kier alpha value is -2.74. The number of amides is 1. The zero-order chi connectivity index (χ0) is 24.3. The normalized spacial score (nSPS) is 15.9. The van der Waals surface area contributed by atoms with Crippen LogP contribution in [-0.4, -0.2) is 59.2 Å². The van der Waals surface area contributed by atoms with E-state index in [0.717, 1.165) is 27.7 Å². The maximum atomic E-state index is 12.8. The monoisotopic (exact) mass is 486 g/mol. The predicted molar refractivity (Wildman–Crippen MR) is 131 cm³/mol. The number of hydrogen-bond donors (Lipinski definition) is 3. The van der Waals surface area contributed by atoms with E-state index in [1.165, 1.54) is 0 Å². The Kier molecular flexibility index (Phi) is 7.36. The smallest absolute Gasteiger partial charge is 0.410 e. The summed E-state index contributed by atoms with van der Waals surface area (Å²) in [5.41, 5.74) is 3.33. The van der Waals surface area contributed by atoms with Crippen LogP contribution in [0.3, 0.4) is 0 Å². The lowest BCUT2D eigenvalue weighted by Gasteiger charge is -2.35. The van der Waals surface area contributed by atoms with Crippen LogP contribution in [0.15, 0.2) is 42.5 Å². The maximum Gasteiger partial charge on any atom is 0.410 e. The SMILES string of the molecule is CCOC(=O)N1CCc2c([nH]c3ccc(Cl)cc23)C1c1ccc(OCC(CC)(CO)CO)cc1. The summed E-state index contributed by atoms with van der Waals surface area (Å²) in [4.78, 5) is 18.1. The number of ether oxygens (including phenoxy) is 2. The van der Waals surface area contributed by atoms with E-state index in [9.17, 15) is 15.0 Å². The topological polar surface area (TPSA) is 95.0 Å². The molecule has 0 fully saturated rings. The lowest BCUT2D eigenvalue weighted by molar-refractivity contribution is 0.0114. The van der Waals surface area contributed by atoms with Crippen molar-refractivity contribution in [2.45, 2.75) is 32.7 Å². The number of aliphatic hydroxyl groups is 2. The third-order valence-corrected chi connectivity index (χ3v) is 6.99. The molecular formula is C26H31ClN2O5. The number of rotatable bonds is 8. The molecule has 0 bridgehead atoms. The fourth-order valence-corrected chi connectivity index (χ4v) is 4.63. The Morgan fingerprint density at radius 1 is 1.18 bits per heavy atom. The van der Waals surface area contributed by atoms with Crippen molar-refractivity contribution in [3.05, 3.63) is 64.3 Å². The summed E-state index contributed by atoms with van der Waals surface area (Å²) >= 11 is 6.26. The highest BCUT2D eigenvalue weighted by Gasteiger charge is 2.35. The fourth-order valence-electron chi connectivity index (χ4n) is 4.46. The van der Waals surface area contributed by atoms with Gasteiger partial charge in [-0.3, -0.25) is 4.90 Å². The molecule has 1 aliphatic heterocycles. The minimum atomic E-state index is -0.677. The number of aromatic amines is 1. The van der Waals surface area contributed by atoms with Crippen molar-refractivity contribution >= 4 is 28.6 Å². The van der Waals surface area contributed by atoms with Gasteiger partial charge in [0.15, 0.2) is 0 Å². The molecule has 8 heteroatoms. The highest BCUT2D eigenvalue weighted by molar-refractivity contribution is 6.31. The molecule has 3 aromatic rings. The number of aliphatic hydroxyl groups excluding tert-OH is 2. The van der Waals surface area contributed by atoms with Gasteiger partial charge in [0.2, 0.25) is 0 Å². The third-order valence-electron chi connectivity index (χ3n) is 6.75. The van der Waals surface area contributed by atoms with Gasteiger partial charge >= 0.3 is 6.09 Å². The average Bonchev–Trinajstić information content (AvgIpc) is 3.23. The summed E-state index contributed by atoms with van der Waals surface area (Å²) in [5, 5.41) is 21.1. The maximum absolute atomic E-state index is 12.8. The number of carbonyl (C=O) groups is 1. The quantitative estimate of drug-likeness (QED) is 0.429. The molecule has 3 N–H and O–H groups in total. The van der Waals surface area contributed by atoms with Gasteiger partial charge in [0.1, 0.15) is 11.8 Å². The van der Waals surface area contributed by atoms with Gasteiger partial charge in [0.25, 0.3) is 0 Å². The second-order valence-corrected chi connectivity index (χ2v) is 9.22. The first-order chi connectivity index (χ1) is 16.4. The summed E-state index contributed by atoms with van der Waals surface area (Å²) in [7, 11) is 0. The third kappa shape index (κ3) is 4.60. The zero-order valence-corrected chi connectivity index (χ0v) is 20.3. The van der Waals surface area contributed by atoms with Crippen LogP contribution in [-0.2, 0) is 11.2 Å². The van der Waals surface area contributed by atoms with Crippen LogP contribution in [0.25, 0.3) is 10.9 Å². The van der Waals surface area contributed by atoms with Crippen LogP contribution in [0.1, 0.15) is 43.1 Å². The standard InChI is InChI=1S/C26H31ClN2O5/c1-3-26(14-30,15-31)16-34-19-8-5-17(6-9-19)24-23-20(11-12-29(24)25(32)33-4-2)21-13-18(27)7-10-22(21)28-23/h5-10,13,24,28,30-31H,3-4,11-12,14-16H2,1-2H3. The predicted octanol–water partition coefficient (Wildman–Crippen LogP) is 4.69. The minimum Gasteiger partial charge on any atom is -0.493 e. The molecule has 1 amide bonds. The number of halogens is 1. The summed E-state index contributed by atoms with van der Waals surface area (Å²) < 4.78 is 11.2. The van der Waals surface area contributed by atoms with Gasteiger partial charge in [-0.05, 0) is 61.2 Å². The second kappa shape index (κ2) is 10.3. The molecule has 0 saturated heterocycles. The van der Waals surface area contributed by atoms with Crippen molar-refractivity contribution < 1.29 is 24.5 Å². The molecule has 2 aromatic carbocycles. The molecule has 2 heterocycles. The van der Waals surface area contributed by atoms with Crippen LogP contribution in [0.2, 0.25) is 5.02 Å². The number of aromatic nitrogens is 1. The molecule has 1 aliphatic rings. The van der Waals surface area contributed by atoms with Crippen LogP contribution < -0.4 is 4.74 Å². The minimum absolute atomic E-state index is 0.151. The average molecular weight is 487 g/mol. The van der Waals surface area contributed by atoms with E-state index in [0.29, 0.717) is 36.8 Å². The number of nitrogens with one attached hydrogen (secondary N) is 1. The summed E-state index contributed by atoms with van der Waals surface area (Å²) in [5.74, 6) is 0.630. The molecule has 1 unspecified atom stereocenters. The van der Waals surface area contributed by atoms with Crippen molar-refractivity contribution in [3.8, 4) is 5.75 Å². The van der Waals surface area contributed by atoms with Gasteiger partial charge in [-0.15, -0.1) is 0 Å². The molecule has 7 nitrogen and oxygen atoms in total. The molecule has 0 saturated carbocycles. The number of benzene rings is 2. The largest absolute Gasteiger partial charge is 0.493 e. The van der Waals surface area contributed by atoms with Crippen molar-refractivity contribution in [3.63, 3.8) is 0 Å². The second-order valence-electron chi connectivity index (χ2n) is 8.78. The molecule has 182 valence electrons. The summed E-state index contributed by atoms with van der Waals surface area (Å²) in [6, 6.07) is 13.0. The van der Waals surface area contributed by atoms with Crippen molar-refractivity contribution in [2.24, 2.45) is 5.41 Å². The van der Waals surface area contributed by atoms with Crippen molar-refractivity contribution in [1.82, 2.24) is 9.88 Å². The van der Waals surface area contributed by atoms with Crippen molar-refractivity contribution in [2.75, 3.05) is 33.0 Å². The number of nitrogens with zero attached hydrogens (tertiary/aromatic N) is 1. The number of hydrogen-bond acceptors (Lipinski definition) is 5. The highest BCUT2D eigenvalue weighted by Crippen LogP contribution is 2.40. The zero-order valence-electron chi connectivity index (χ0n) is 19.5. The summed E-state index contributed by atoms with van der Waals surface area (Å²) in [6.45, 7) is 4.45. The Morgan fingerprint density at radius 3 is 2.56 bits per heavy atom. The lowest BCUT2D eigenvalue weighted by Crippen LogP contribution is -2.41. The van der Waals surface area contributed by atoms with E-state index < -0.39 is 5.41 Å². The van der Waals surface area contributed by atoms with Gasteiger partial charge in [0.05, 0.1) is 31.8 Å². The van der Waals surface area contributed by atoms with E-state index in [1.54, 1.807) is 11.8 Å². The molecule has 1 atom stereocenters. The molecule has 0 aliphatic carbocycles. The van der Waals surface area contributed by atoms with Crippen LogP contribution in [0, 0.1) is 5.41 Å². The Labute approximate surface area is 204 Å². The number of H-pyrrole nitrogens is 1. The van der Waals surface area contributed by atoms with Crippen LogP contribution >= 0.6 is 11.6 Å². The van der Waals surface area contributed by atoms with Gasteiger partial charge in [0, 0.05) is 28.2 Å². The first-order valence-electron chi connectivity index (χ1n) is 11.6. The fraction of sp³-hybridized carbons (Fsp3) is 0.423. The molecular weight excluding hydrogens is 456 g/mol. The number of fused-ring (bicyclic) bond motifs is 3. The Balaban J connectivity index is 1.67. The Morgan fingerprint density at radius 2 is 1.91 bits per heavy atom. The van der Waals surface area contributed by atoms with Gasteiger partial charge in [-0.2, -0.15) is 0 Å². The molecule has 34 heavy (non-hydrogen) atoms. The van der Waals surface area contributed by atoms with E-state index >= 15 is 0 Å². The number of carbonyl (C=O) groups excluding carboxylic acids is 1. The molecule has 0 spiro atoms. The lowest BCUT2D eigenvalue weighted by atomic mass is 9.88. The Bertz CT molecular complexity index is 1130. The van der Waals surface area contributed by atoms with Crippen LogP contribution in [0.5, 0.6) is 5.75 Å². The van der Waals surface area contributed by atoms with Gasteiger partial charge in [-0.1, -0.05) is 30.7 Å². The van der Waals surface area contributed by atoms with E-state index in [4.69, 9.17) is 21.1 Å². The summed E-state index contributed by atoms with van der Waals surface area (Å²) in [6.07, 6.45) is 0.948.